The standard InChI is InChI=1S/C15H15NO2/c17-14-8-4-2-6-11(14)15(18)12-9-16-13-7-3-1-5-10(12)13/h1,3,5-7,9,15-16,18H,2,4,8H2. The molecule has 0 fully saturated rings. The van der Waals surface area contributed by atoms with Crippen molar-refractivity contribution in [3.05, 3.63) is 47.7 Å². The lowest BCUT2D eigenvalue weighted by atomic mass is 9.90. The molecule has 2 N–H and O–H groups in total. The Morgan fingerprint density at radius 1 is 1.28 bits per heavy atom. The molecule has 18 heavy (non-hydrogen) atoms. The largest absolute Gasteiger partial charge is 0.383 e. The predicted molar refractivity (Wildman–Crippen MR) is 70.2 cm³/mol. The molecule has 3 nitrogen and oxygen atoms in total. The van der Waals surface area contributed by atoms with Crippen LogP contribution in [0.25, 0.3) is 10.9 Å². The molecule has 0 amide bonds. The Labute approximate surface area is 105 Å². The van der Waals surface area contributed by atoms with Gasteiger partial charge in [0.2, 0.25) is 0 Å². The smallest absolute Gasteiger partial charge is 0.161 e. The zero-order chi connectivity index (χ0) is 12.5. The number of nitrogens with one attached hydrogen (secondary N) is 1. The van der Waals surface area contributed by atoms with E-state index in [-0.39, 0.29) is 5.78 Å². The number of hydrogen-bond acceptors (Lipinski definition) is 2. The summed E-state index contributed by atoms with van der Waals surface area (Å²) in [4.78, 5) is 15.0. The fourth-order valence-corrected chi connectivity index (χ4v) is 2.53. The maximum atomic E-state index is 11.8. The van der Waals surface area contributed by atoms with Crippen molar-refractivity contribution in [1.29, 1.82) is 0 Å². The lowest BCUT2D eigenvalue weighted by Gasteiger charge is -2.17. The molecule has 1 aliphatic rings. The van der Waals surface area contributed by atoms with Crippen molar-refractivity contribution in [3.63, 3.8) is 0 Å². The Bertz CT molecular complexity index is 624. The highest BCUT2D eigenvalue weighted by atomic mass is 16.3. The van der Waals surface area contributed by atoms with Gasteiger partial charge in [-0.15, -0.1) is 0 Å². The maximum absolute atomic E-state index is 11.8. The van der Waals surface area contributed by atoms with Crippen LogP contribution in [0.1, 0.15) is 30.9 Å². The average Bonchev–Trinajstić information content (AvgIpc) is 2.82. The van der Waals surface area contributed by atoms with E-state index in [1.165, 1.54) is 0 Å². The van der Waals surface area contributed by atoms with Crippen LogP contribution < -0.4 is 0 Å². The number of ketones is 1. The lowest BCUT2D eigenvalue weighted by molar-refractivity contribution is -0.117. The summed E-state index contributed by atoms with van der Waals surface area (Å²) in [5, 5.41) is 11.4. The first-order valence-electron chi connectivity index (χ1n) is 6.24. The number of hydrogen-bond donors (Lipinski definition) is 2. The monoisotopic (exact) mass is 241 g/mol. The van der Waals surface area contributed by atoms with Gasteiger partial charge in [0.1, 0.15) is 6.10 Å². The summed E-state index contributed by atoms with van der Waals surface area (Å²) < 4.78 is 0. The van der Waals surface area contributed by atoms with Crippen LogP contribution in [-0.2, 0) is 4.79 Å². The van der Waals surface area contributed by atoms with Crippen molar-refractivity contribution in [2.75, 3.05) is 0 Å². The zero-order valence-corrected chi connectivity index (χ0v) is 10.0. The number of H-pyrrole nitrogens is 1. The van der Waals surface area contributed by atoms with Crippen LogP contribution in [-0.4, -0.2) is 15.9 Å². The van der Waals surface area contributed by atoms with Gasteiger partial charge in [0.05, 0.1) is 0 Å². The number of aliphatic hydroxyl groups excluding tert-OH is 1. The van der Waals surface area contributed by atoms with Crippen LogP contribution in [0.15, 0.2) is 42.1 Å². The molecule has 1 heterocycles. The number of aliphatic hydroxyl groups is 1. The van der Waals surface area contributed by atoms with Gasteiger partial charge < -0.3 is 10.1 Å². The van der Waals surface area contributed by atoms with Crippen LogP contribution in [0.5, 0.6) is 0 Å². The lowest BCUT2D eigenvalue weighted by Crippen LogP contribution is -2.14. The van der Waals surface area contributed by atoms with Gasteiger partial charge in [0, 0.05) is 34.7 Å². The van der Waals surface area contributed by atoms with E-state index in [2.05, 4.69) is 4.98 Å². The third-order valence-corrected chi connectivity index (χ3v) is 3.50. The van der Waals surface area contributed by atoms with Crippen LogP contribution in [0.3, 0.4) is 0 Å². The number of aromatic amines is 1. The number of benzene rings is 1. The van der Waals surface area contributed by atoms with Crippen LogP contribution >= 0.6 is 0 Å². The van der Waals surface area contributed by atoms with Crippen molar-refractivity contribution in [2.45, 2.75) is 25.4 Å². The average molecular weight is 241 g/mol. The van der Waals surface area contributed by atoms with Gasteiger partial charge in [-0.3, -0.25) is 4.79 Å². The van der Waals surface area contributed by atoms with E-state index in [0.717, 1.165) is 29.3 Å². The minimum Gasteiger partial charge on any atom is -0.383 e. The molecule has 0 bridgehead atoms. The molecule has 0 spiro atoms. The number of aromatic nitrogens is 1. The fraction of sp³-hybridized carbons (Fsp3) is 0.267. The molecule has 1 atom stereocenters. The molecule has 1 aliphatic carbocycles. The molecule has 3 heteroatoms. The number of carbonyl (C=O) groups is 1. The van der Waals surface area contributed by atoms with Crippen molar-refractivity contribution >= 4 is 16.7 Å². The normalized spacial score (nSPS) is 17.8. The molecule has 1 unspecified atom stereocenters. The summed E-state index contributed by atoms with van der Waals surface area (Å²) in [6.07, 6.45) is 5.17. The summed E-state index contributed by atoms with van der Waals surface area (Å²) in [6, 6.07) is 7.80. The number of para-hydroxylation sites is 1. The molecular weight excluding hydrogens is 226 g/mol. The summed E-state index contributed by atoms with van der Waals surface area (Å²) in [5.74, 6) is 0.0685. The highest BCUT2D eigenvalue weighted by molar-refractivity contribution is 5.98. The summed E-state index contributed by atoms with van der Waals surface area (Å²) in [7, 11) is 0. The first kappa shape index (κ1) is 11.2. The molecule has 3 rings (SSSR count). The third kappa shape index (κ3) is 1.77. The second-order valence-corrected chi connectivity index (χ2v) is 4.67. The van der Waals surface area contributed by atoms with Crippen LogP contribution in [0.4, 0.5) is 0 Å². The molecule has 0 saturated carbocycles. The van der Waals surface area contributed by atoms with E-state index in [1.807, 2.05) is 30.3 Å². The minimum absolute atomic E-state index is 0.0685. The molecule has 1 aromatic heterocycles. The highest BCUT2D eigenvalue weighted by Crippen LogP contribution is 2.31. The topological polar surface area (TPSA) is 53.1 Å². The number of allylic oxidation sites excluding steroid dienone is 1. The van der Waals surface area contributed by atoms with Gasteiger partial charge in [-0.1, -0.05) is 24.3 Å². The van der Waals surface area contributed by atoms with Crippen molar-refractivity contribution in [3.8, 4) is 0 Å². The van der Waals surface area contributed by atoms with Gasteiger partial charge in [-0.05, 0) is 18.9 Å². The quantitative estimate of drug-likeness (QED) is 0.849. The minimum atomic E-state index is -0.811. The van der Waals surface area contributed by atoms with E-state index in [4.69, 9.17) is 0 Å². The Hall–Kier alpha value is -1.87. The van der Waals surface area contributed by atoms with Gasteiger partial charge in [-0.2, -0.15) is 0 Å². The van der Waals surface area contributed by atoms with Crippen LogP contribution in [0.2, 0.25) is 0 Å². The Morgan fingerprint density at radius 3 is 2.94 bits per heavy atom. The van der Waals surface area contributed by atoms with Crippen LogP contribution in [0, 0.1) is 0 Å². The second-order valence-electron chi connectivity index (χ2n) is 4.67. The SMILES string of the molecule is O=C1CCCC=C1C(O)c1c[nH]c2ccccc12. The number of fused-ring (bicyclic) bond motifs is 1. The first-order chi connectivity index (χ1) is 8.77. The van der Waals surface area contributed by atoms with Gasteiger partial charge in [0.25, 0.3) is 0 Å². The summed E-state index contributed by atoms with van der Waals surface area (Å²) >= 11 is 0. The molecule has 92 valence electrons. The fourth-order valence-electron chi connectivity index (χ4n) is 2.53. The Morgan fingerprint density at radius 2 is 2.11 bits per heavy atom. The molecule has 0 saturated heterocycles. The van der Waals surface area contributed by atoms with E-state index in [1.54, 1.807) is 6.20 Å². The van der Waals surface area contributed by atoms with Crippen molar-refractivity contribution < 1.29 is 9.90 Å². The summed E-state index contributed by atoms with van der Waals surface area (Å²) in [6.45, 7) is 0. The Balaban J connectivity index is 2.04. The third-order valence-electron chi connectivity index (χ3n) is 3.50. The van der Waals surface area contributed by atoms with Crippen molar-refractivity contribution in [1.82, 2.24) is 4.98 Å². The van der Waals surface area contributed by atoms with Gasteiger partial charge in [0.15, 0.2) is 5.78 Å². The van der Waals surface area contributed by atoms with Gasteiger partial charge in [-0.25, -0.2) is 0 Å². The number of Topliss-reactive ketones (excluding diaryl/α,β-unsaturated/α-hetero) is 1. The number of rotatable bonds is 2. The predicted octanol–water partition coefficient (Wildman–Crippen LogP) is 2.88. The summed E-state index contributed by atoms with van der Waals surface area (Å²) in [5.41, 5.74) is 2.31. The molecular formula is C15H15NO2. The van der Waals surface area contributed by atoms with Crippen molar-refractivity contribution in [2.24, 2.45) is 0 Å². The first-order valence-corrected chi connectivity index (χ1v) is 6.24. The van der Waals surface area contributed by atoms with Gasteiger partial charge >= 0.3 is 0 Å². The highest BCUT2D eigenvalue weighted by Gasteiger charge is 2.24. The van der Waals surface area contributed by atoms with E-state index >= 15 is 0 Å². The van der Waals surface area contributed by atoms with E-state index < -0.39 is 6.10 Å². The molecule has 0 aliphatic heterocycles. The van der Waals surface area contributed by atoms with E-state index in [9.17, 15) is 9.90 Å². The second kappa shape index (κ2) is 4.42. The zero-order valence-electron chi connectivity index (χ0n) is 10.0. The maximum Gasteiger partial charge on any atom is 0.161 e. The molecule has 2 aromatic rings. The molecule has 1 aromatic carbocycles. The number of carbonyl (C=O) groups excluding carboxylic acids is 1. The molecule has 0 radical (unpaired) electrons. The Kier molecular flexibility index (Phi) is 2.76. The van der Waals surface area contributed by atoms with E-state index in [0.29, 0.717) is 12.0 Å².